The average Bonchev–Trinajstić information content (AvgIpc) is 2.40. The van der Waals surface area contributed by atoms with Gasteiger partial charge in [0.25, 0.3) is 5.92 Å². The van der Waals surface area contributed by atoms with Crippen LogP contribution in [0.15, 0.2) is 0 Å². The quantitative estimate of drug-likeness (QED) is 0.510. The molecule has 0 unspecified atom stereocenters. The number of halogens is 2. The van der Waals surface area contributed by atoms with Gasteiger partial charge in [0, 0.05) is 25.8 Å². The van der Waals surface area contributed by atoms with Gasteiger partial charge in [0.2, 0.25) is 0 Å². The molecule has 1 heterocycles. The third-order valence-electron chi connectivity index (χ3n) is 2.07. The highest BCUT2D eigenvalue weighted by molar-refractivity contribution is 7.93. The van der Waals surface area contributed by atoms with Crippen LogP contribution in [-0.2, 0) is 4.18 Å². The van der Waals surface area contributed by atoms with Gasteiger partial charge < -0.3 is 4.18 Å². The minimum atomic E-state index is -2.46. The van der Waals surface area contributed by atoms with E-state index in [9.17, 15) is 8.78 Å². The predicted molar refractivity (Wildman–Crippen MR) is 50.1 cm³/mol. The Bertz CT molecular complexity index is 157. The van der Waals surface area contributed by atoms with Crippen LogP contribution in [0.2, 0.25) is 0 Å². The van der Waals surface area contributed by atoms with Gasteiger partial charge in [-0.25, -0.2) is 8.78 Å². The maximum Gasteiger partial charge on any atom is 0.261 e. The lowest BCUT2D eigenvalue weighted by Crippen LogP contribution is -2.26. The van der Waals surface area contributed by atoms with Crippen molar-refractivity contribution in [3.8, 4) is 0 Å². The Balaban J connectivity index is 2.04. The number of alkyl halides is 2. The molecule has 13 heavy (non-hydrogen) atoms. The van der Waals surface area contributed by atoms with E-state index in [1.165, 1.54) is 12.0 Å². The summed E-state index contributed by atoms with van der Waals surface area (Å²) in [6.07, 6.45) is 2.69. The number of rotatable bonds is 5. The first-order valence-corrected chi connectivity index (χ1v) is 5.55. The molecule has 2 nitrogen and oxygen atoms in total. The lowest BCUT2D eigenvalue weighted by molar-refractivity contribution is 0.0119. The molecular weight excluding hydrogens is 196 g/mol. The summed E-state index contributed by atoms with van der Waals surface area (Å²) < 4.78 is 30.4. The van der Waals surface area contributed by atoms with Crippen molar-refractivity contribution >= 4 is 12.0 Å². The monoisotopic (exact) mass is 211 g/mol. The first-order valence-electron chi connectivity index (χ1n) is 4.40. The van der Waals surface area contributed by atoms with E-state index in [0.717, 1.165) is 13.0 Å². The van der Waals surface area contributed by atoms with Crippen LogP contribution < -0.4 is 0 Å². The molecule has 1 aliphatic rings. The molecule has 0 aromatic heterocycles. The summed E-state index contributed by atoms with van der Waals surface area (Å²) in [5, 5.41) is 0. The second-order valence-corrected chi connectivity index (χ2v) is 3.79. The van der Waals surface area contributed by atoms with Crippen molar-refractivity contribution in [2.24, 2.45) is 0 Å². The molecule has 78 valence electrons. The molecule has 0 atom stereocenters. The van der Waals surface area contributed by atoms with Crippen molar-refractivity contribution in [3.63, 3.8) is 0 Å². The summed E-state index contributed by atoms with van der Waals surface area (Å²) in [5.74, 6) is -2.46. The van der Waals surface area contributed by atoms with E-state index in [1.807, 2.05) is 6.26 Å². The Morgan fingerprint density at radius 2 is 2.31 bits per heavy atom. The van der Waals surface area contributed by atoms with Crippen LogP contribution in [0.25, 0.3) is 0 Å². The third-order valence-corrected chi connectivity index (χ3v) is 2.47. The second kappa shape index (κ2) is 5.12. The van der Waals surface area contributed by atoms with E-state index < -0.39 is 5.92 Å². The van der Waals surface area contributed by atoms with Gasteiger partial charge in [-0.05, 0) is 18.5 Å². The van der Waals surface area contributed by atoms with Crippen molar-refractivity contribution in [1.82, 2.24) is 4.90 Å². The molecule has 1 saturated heterocycles. The summed E-state index contributed by atoms with van der Waals surface area (Å²) in [7, 11) is 0. The van der Waals surface area contributed by atoms with Gasteiger partial charge in [-0.15, -0.1) is 0 Å². The number of nitrogens with zero attached hydrogens (tertiary/aromatic N) is 1. The molecule has 0 aliphatic carbocycles. The van der Waals surface area contributed by atoms with E-state index in [-0.39, 0.29) is 13.0 Å². The van der Waals surface area contributed by atoms with E-state index in [2.05, 4.69) is 0 Å². The molecule has 0 bridgehead atoms. The Morgan fingerprint density at radius 3 is 2.85 bits per heavy atom. The van der Waals surface area contributed by atoms with Crippen LogP contribution in [0, 0.1) is 0 Å². The molecule has 1 rings (SSSR count). The van der Waals surface area contributed by atoms with Gasteiger partial charge in [-0.3, -0.25) is 4.90 Å². The molecule has 1 fully saturated rings. The standard InChI is InChI=1S/C8H15F2NOS/c1-13-12-6-2-4-11-5-3-8(9,10)7-11/h2-7H2,1H3. The second-order valence-electron chi connectivity index (χ2n) is 3.22. The van der Waals surface area contributed by atoms with Gasteiger partial charge in [0.15, 0.2) is 0 Å². The van der Waals surface area contributed by atoms with Gasteiger partial charge in [0.05, 0.1) is 13.2 Å². The first kappa shape index (κ1) is 11.2. The molecule has 0 radical (unpaired) electrons. The van der Waals surface area contributed by atoms with Crippen LogP contribution in [0.1, 0.15) is 12.8 Å². The summed E-state index contributed by atoms with van der Waals surface area (Å²) in [5.41, 5.74) is 0. The zero-order valence-electron chi connectivity index (χ0n) is 7.76. The Labute approximate surface area is 81.8 Å². The average molecular weight is 211 g/mol. The summed E-state index contributed by atoms with van der Waals surface area (Å²) in [6, 6.07) is 0. The SMILES string of the molecule is CSOCCCN1CCC(F)(F)C1. The van der Waals surface area contributed by atoms with Crippen LogP contribution in [0.4, 0.5) is 8.78 Å². The van der Waals surface area contributed by atoms with E-state index >= 15 is 0 Å². The molecule has 0 N–H and O–H groups in total. The Hall–Kier alpha value is 0.130. The van der Waals surface area contributed by atoms with Gasteiger partial charge in [-0.1, -0.05) is 0 Å². The molecule has 0 aromatic rings. The molecule has 0 aromatic carbocycles. The molecule has 0 saturated carbocycles. The maximum absolute atomic E-state index is 12.7. The summed E-state index contributed by atoms with van der Waals surface area (Å²) in [6.45, 7) is 1.80. The van der Waals surface area contributed by atoms with Gasteiger partial charge in [0.1, 0.15) is 0 Å². The van der Waals surface area contributed by atoms with E-state index in [1.54, 1.807) is 4.90 Å². The largest absolute Gasteiger partial charge is 0.316 e. The predicted octanol–water partition coefficient (Wildman–Crippen LogP) is 2.01. The molecule has 0 spiro atoms. The van der Waals surface area contributed by atoms with Gasteiger partial charge in [-0.2, -0.15) is 0 Å². The minimum absolute atomic E-state index is 0.0103. The molecule has 5 heteroatoms. The van der Waals surface area contributed by atoms with E-state index in [0.29, 0.717) is 13.2 Å². The topological polar surface area (TPSA) is 12.5 Å². The molecule has 0 amide bonds. The highest BCUT2D eigenvalue weighted by Crippen LogP contribution is 2.26. The van der Waals surface area contributed by atoms with Crippen molar-refractivity contribution in [3.05, 3.63) is 0 Å². The fourth-order valence-corrected chi connectivity index (χ4v) is 1.71. The van der Waals surface area contributed by atoms with Gasteiger partial charge >= 0.3 is 0 Å². The smallest absolute Gasteiger partial charge is 0.261 e. The third kappa shape index (κ3) is 4.24. The van der Waals surface area contributed by atoms with Crippen LogP contribution in [0.5, 0.6) is 0 Å². The zero-order chi connectivity index (χ0) is 9.73. The van der Waals surface area contributed by atoms with Crippen LogP contribution in [-0.4, -0.2) is 43.3 Å². The fraction of sp³-hybridized carbons (Fsp3) is 1.00. The minimum Gasteiger partial charge on any atom is -0.316 e. The molecular formula is C8H15F2NOS. The first-order chi connectivity index (χ1) is 6.14. The highest BCUT2D eigenvalue weighted by Gasteiger charge is 2.37. The van der Waals surface area contributed by atoms with Crippen molar-refractivity contribution < 1.29 is 13.0 Å². The van der Waals surface area contributed by atoms with Crippen molar-refractivity contribution in [2.45, 2.75) is 18.8 Å². The van der Waals surface area contributed by atoms with Crippen LogP contribution in [0.3, 0.4) is 0 Å². The normalized spacial score (nSPS) is 22.4. The van der Waals surface area contributed by atoms with E-state index in [4.69, 9.17) is 4.18 Å². The maximum atomic E-state index is 12.7. The number of hydrogen-bond donors (Lipinski definition) is 0. The van der Waals surface area contributed by atoms with Crippen LogP contribution >= 0.6 is 12.0 Å². The lowest BCUT2D eigenvalue weighted by Gasteiger charge is -2.14. The van der Waals surface area contributed by atoms with Crippen molar-refractivity contribution in [1.29, 1.82) is 0 Å². The summed E-state index contributed by atoms with van der Waals surface area (Å²) in [4.78, 5) is 1.80. The molecule has 1 aliphatic heterocycles. The Kier molecular flexibility index (Phi) is 4.41. The zero-order valence-corrected chi connectivity index (χ0v) is 8.58. The van der Waals surface area contributed by atoms with Crippen molar-refractivity contribution in [2.75, 3.05) is 32.5 Å². The number of hydrogen-bond acceptors (Lipinski definition) is 3. The lowest BCUT2D eigenvalue weighted by atomic mass is 10.3. The Morgan fingerprint density at radius 1 is 1.54 bits per heavy atom. The summed E-state index contributed by atoms with van der Waals surface area (Å²) >= 11 is 1.32. The highest BCUT2D eigenvalue weighted by atomic mass is 32.2. The number of likely N-dealkylation sites (tertiary alicyclic amines) is 1. The fourth-order valence-electron chi connectivity index (χ4n) is 1.43.